The molecular weight excluding hydrogens is 288 g/mol. The number of primary amides is 1. The van der Waals surface area contributed by atoms with Gasteiger partial charge < -0.3 is 15.5 Å². The van der Waals surface area contributed by atoms with Crippen LogP contribution in [-0.4, -0.2) is 11.8 Å². The van der Waals surface area contributed by atoms with Crippen LogP contribution in [0, 0.1) is 5.92 Å². The molecule has 110 valence electrons. The van der Waals surface area contributed by atoms with Crippen LogP contribution < -0.4 is 11.1 Å². The van der Waals surface area contributed by atoms with E-state index in [1.165, 1.54) is 17.6 Å². The van der Waals surface area contributed by atoms with Crippen molar-refractivity contribution in [1.82, 2.24) is 0 Å². The van der Waals surface area contributed by atoms with Gasteiger partial charge in [-0.05, 0) is 42.9 Å². The first kappa shape index (κ1) is 13.9. The topological polar surface area (TPSA) is 85.3 Å². The molecule has 2 amide bonds. The van der Waals surface area contributed by atoms with E-state index in [2.05, 4.69) is 12.2 Å². The first-order valence-corrected chi connectivity index (χ1v) is 7.67. The zero-order chi connectivity index (χ0) is 15.0. The maximum absolute atomic E-state index is 12.1. The lowest BCUT2D eigenvalue weighted by Crippen LogP contribution is -2.19. The van der Waals surface area contributed by atoms with Crippen molar-refractivity contribution in [3.63, 3.8) is 0 Å². The van der Waals surface area contributed by atoms with Gasteiger partial charge in [-0.1, -0.05) is 6.92 Å². The Balaban J connectivity index is 1.95. The van der Waals surface area contributed by atoms with Gasteiger partial charge in [0, 0.05) is 4.88 Å². The number of carbonyl (C=O) groups is 2. The number of fused-ring (bicyclic) bond motifs is 1. The zero-order valence-corrected chi connectivity index (χ0v) is 12.5. The van der Waals surface area contributed by atoms with E-state index in [-0.39, 0.29) is 11.7 Å². The van der Waals surface area contributed by atoms with Gasteiger partial charge in [-0.15, -0.1) is 11.3 Å². The van der Waals surface area contributed by atoms with Gasteiger partial charge >= 0.3 is 0 Å². The third-order valence-electron chi connectivity index (χ3n) is 3.73. The SMILES string of the molecule is C[C@@H]1CCc2c(sc(NC(=O)c3ccco3)c2C(N)=O)C1. The molecule has 21 heavy (non-hydrogen) atoms. The average molecular weight is 304 g/mol. The second-order valence-corrected chi connectivity index (χ2v) is 6.46. The Morgan fingerprint density at radius 3 is 2.95 bits per heavy atom. The Morgan fingerprint density at radius 1 is 1.48 bits per heavy atom. The monoisotopic (exact) mass is 304 g/mol. The lowest BCUT2D eigenvalue weighted by molar-refractivity contribution is 0.0997. The molecule has 0 saturated carbocycles. The van der Waals surface area contributed by atoms with Gasteiger partial charge in [-0.25, -0.2) is 0 Å². The Kier molecular flexibility index (Phi) is 3.55. The summed E-state index contributed by atoms with van der Waals surface area (Å²) in [5.74, 6) is -0.0541. The summed E-state index contributed by atoms with van der Waals surface area (Å²) in [7, 11) is 0. The largest absolute Gasteiger partial charge is 0.459 e. The highest BCUT2D eigenvalue weighted by molar-refractivity contribution is 7.17. The number of hydrogen-bond acceptors (Lipinski definition) is 4. The van der Waals surface area contributed by atoms with Crippen LogP contribution in [0.15, 0.2) is 22.8 Å². The van der Waals surface area contributed by atoms with Gasteiger partial charge in [0.2, 0.25) is 0 Å². The van der Waals surface area contributed by atoms with Crippen LogP contribution in [0.25, 0.3) is 0 Å². The molecule has 0 saturated heterocycles. The Morgan fingerprint density at radius 2 is 2.29 bits per heavy atom. The molecule has 3 N–H and O–H groups in total. The van der Waals surface area contributed by atoms with Gasteiger partial charge in [0.05, 0.1) is 11.8 Å². The third-order valence-corrected chi connectivity index (χ3v) is 4.90. The van der Waals surface area contributed by atoms with Gasteiger partial charge in [-0.3, -0.25) is 9.59 Å². The molecule has 2 heterocycles. The standard InChI is InChI=1S/C15H16N2O3S/c1-8-4-5-9-11(7-8)21-15(12(9)13(16)18)17-14(19)10-3-2-6-20-10/h2-3,6,8H,4-5,7H2,1H3,(H2,16,18)(H,17,19)/t8-/m1/s1. The second kappa shape index (κ2) is 5.37. The van der Waals surface area contributed by atoms with E-state index in [0.717, 1.165) is 29.7 Å². The van der Waals surface area contributed by atoms with Crippen molar-refractivity contribution < 1.29 is 14.0 Å². The predicted octanol–water partition coefficient (Wildman–Crippen LogP) is 2.82. The van der Waals surface area contributed by atoms with E-state index in [1.807, 2.05) is 0 Å². The van der Waals surface area contributed by atoms with Crippen molar-refractivity contribution in [3.8, 4) is 0 Å². The summed E-state index contributed by atoms with van der Waals surface area (Å²) in [5, 5.41) is 3.28. The van der Waals surface area contributed by atoms with Gasteiger partial charge in [0.25, 0.3) is 11.8 Å². The van der Waals surface area contributed by atoms with E-state index in [0.29, 0.717) is 16.5 Å². The Labute approximate surface area is 126 Å². The Bertz CT molecular complexity index is 688. The van der Waals surface area contributed by atoms with E-state index in [4.69, 9.17) is 10.2 Å². The summed E-state index contributed by atoms with van der Waals surface area (Å²) < 4.78 is 5.06. The summed E-state index contributed by atoms with van der Waals surface area (Å²) in [5.41, 5.74) is 6.97. The van der Waals surface area contributed by atoms with Crippen molar-refractivity contribution in [2.24, 2.45) is 11.7 Å². The summed E-state index contributed by atoms with van der Waals surface area (Å²) in [6, 6.07) is 3.22. The summed E-state index contributed by atoms with van der Waals surface area (Å²) >= 11 is 1.45. The number of thiophene rings is 1. The fraction of sp³-hybridized carbons (Fsp3) is 0.333. The number of amides is 2. The normalized spacial score (nSPS) is 17.3. The fourth-order valence-electron chi connectivity index (χ4n) is 2.67. The van der Waals surface area contributed by atoms with Gasteiger partial charge in [0.1, 0.15) is 5.00 Å². The molecule has 0 fully saturated rings. The van der Waals surface area contributed by atoms with Crippen molar-refractivity contribution in [1.29, 1.82) is 0 Å². The quantitative estimate of drug-likeness (QED) is 0.914. The first-order chi connectivity index (χ1) is 10.1. The highest BCUT2D eigenvalue weighted by Gasteiger charge is 2.27. The van der Waals surface area contributed by atoms with Crippen molar-refractivity contribution in [2.75, 3.05) is 5.32 Å². The minimum absolute atomic E-state index is 0.213. The summed E-state index contributed by atoms with van der Waals surface area (Å²) in [4.78, 5) is 25.0. The number of nitrogens with one attached hydrogen (secondary N) is 1. The number of anilines is 1. The molecule has 0 aromatic carbocycles. The van der Waals surface area contributed by atoms with Crippen LogP contribution in [-0.2, 0) is 12.8 Å². The van der Waals surface area contributed by atoms with E-state index in [1.54, 1.807) is 12.1 Å². The molecular formula is C15H16N2O3S. The lowest BCUT2D eigenvalue weighted by Gasteiger charge is -2.18. The maximum atomic E-state index is 12.1. The predicted molar refractivity (Wildman–Crippen MR) is 80.7 cm³/mol. The first-order valence-electron chi connectivity index (χ1n) is 6.85. The molecule has 2 aromatic heterocycles. The van der Waals surface area contributed by atoms with Crippen LogP contribution >= 0.6 is 11.3 Å². The van der Waals surface area contributed by atoms with Gasteiger partial charge in [-0.2, -0.15) is 0 Å². The number of nitrogens with two attached hydrogens (primary N) is 1. The van der Waals surface area contributed by atoms with E-state index in [9.17, 15) is 9.59 Å². The zero-order valence-electron chi connectivity index (χ0n) is 11.6. The Hall–Kier alpha value is -2.08. The number of furan rings is 1. The molecule has 0 spiro atoms. The molecule has 0 unspecified atom stereocenters. The van der Waals surface area contributed by atoms with Crippen LogP contribution in [0.1, 0.15) is 44.7 Å². The molecule has 1 aliphatic rings. The van der Waals surface area contributed by atoms with Crippen LogP contribution in [0.5, 0.6) is 0 Å². The molecule has 1 aliphatic carbocycles. The minimum atomic E-state index is -0.489. The number of rotatable bonds is 3. The average Bonchev–Trinajstić information content (AvgIpc) is 3.04. The molecule has 0 bridgehead atoms. The highest BCUT2D eigenvalue weighted by atomic mass is 32.1. The smallest absolute Gasteiger partial charge is 0.291 e. The highest BCUT2D eigenvalue weighted by Crippen LogP contribution is 2.39. The molecule has 2 aromatic rings. The second-order valence-electron chi connectivity index (χ2n) is 5.35. The van der Waals surface area contributed by atoms with E-state index < -0.39 is 5.91 Å². The van der Waals surface area contributed by atoms with Crippen molar-refractivity contribution in [2.45, 2.75) is 26.2 Å². The van der Waals surface area contributed by atoms with Crippen LogP contribution in [0.2, 0.25) is 0 Å². The molecule has 0 radical (unpaired) electrons. The van der Waals surface area contributed by atoms with E-state index >= 15 is 0 Å². The van der Waals surface area contributed by atoms with Crippen LogP contribution in [0.3, 0.4) is 0 Å². The minimum Gasteiger partial charge on any atom is -0.459 e. The summed E-state index contributed by atoms with van der Waals surface area (Å²) in [6.07, 6.45) is 4.24. The van der Waals surface area contributed by atoms with Crippen molar-refractivity contribution in [3.05, 3.63) is 40.2 Å². The van der Waals surface area contributed by atoms with Gasteiger partial charge in [0.15, 0.2) is 5.76 Å². The molecule has 3 rings (SSSR count). The molecule has 1 atom stereocenters. The maximum Gasteiger partial charge on any atom is 0.291 e. The molecule has 6 heteroatoms. The van der Waals surface area contributed by atoms with Crippen molar-refractivity contribution >= 4 is 28.2 Å². The summed E-state index contributed by atoms with van der Waals surface area (Å²) in [6.45, 7) is 2.19. The molecule has 0 aliphatic heterocycles. The number of hydrogen-bond donors (Lipinski definition) is 2. The third kappa shape index (κ3) is 2.58. The fourth-order valence-corrected chi connectivity index (χ4v) is 4.08. The number of carbonyl (C=O) groups excluding carboxylic acids is 2. The lowest BCUT2D eigenvalue weighted by atomic mass is 9.88. The van der Waals surface area contributed by atoms with Crippen LogP contribution in [0.4, 0.5) is 5.00 Å². The molecule has 5 nitrogen and oxygen atoms in total.